The second-order valence-electron chi connectivity index (χ2n) is 3.24. The van der Waals surface area contributed by atoms with Crippen molar-refractivity contribution in [3.8, 4) is 0 Å². The number of hydrogen-bond donors (Lipinski definition) is 2. The van der Waals surface area contributed by atoms with Crippen LogP contribution in [0.2, 0.25) is 0 Å². The second-order valence-corrected chi connectivity index (χ2v) is 3.24. The lowest BCUT2D eigenvalue weighted by Gasteiger charge is -2.26. The first-order valence-corrected chi connectivity index (χ1v) is 4.34. The molecule has 1 aliphatic heterocycles. The first-order valence-electron chi connectivity index (χ1n) is 4.34. The Morgan fingerprint density at radius 1 is 1.83 bits per heavy atom. The van der Waals surface area contributed by atoms with Crippen LogP contribution in [0.25, 0.3) is 0 Å². The molecule has 1 heterocycles. The van der Waals surface area contributed by atoms with Crippen molar-refractivity contribution in [2.24, 2.45) is 5.73 Å². The number of nitrogens with two attached hydrogens (primary N) is 1. The molecule has 3 N–H and O–H groups in total. The molecule has 0 saturated carbocycles. The molecule has 0 radical (unpaired) electrons. The largest absolute Gasteiger partial charge is 0.391 e. The van der Waals surface area contributed by atoms with Crippen LogP contribution in [-0.2, 0) is 4.79 Å². The van der Waals surface area contributed by atoms with Gasteiger partial charge in [-0.25, -0.2) is 0 Å². The molecule has 1 rings (SSSR count). The third-order valence-electron chi connectivity index (χ3n) is 2.35. The van der Waals surface area contributed by atoms with E-state index in [-0.39, 0.29) is 18.5 Å². The molecule has 1 amide bonds. The van der Waals surface area contributed by atoms with Crippen LogP contribution in [0.5, 0.6) is 0 Å². The Morgan fingerprint density at radius 3 is 3.00 bits per heavy atom. The topological polar surface area (TPSA) is 66.6 Å². The summed E-state index contributed by atoms with van der Waals surface area (Å²) in [5, 5.41) is 9.33. The van der Waals surface area contributed by atoms with Crippen molar-refractivity contribution >= 4 is 5.91 Å². The maximum atomic E-state index is 11.2. The highest BCUT2D eigenvalue weighted by Crippen LogP contribution is 2.19. The summed E-state index contributed by atoms with van der Waals surface area (Å²) in [5.41, 5.74) is 5.24. The van der Waals surface area contributed by atoms with Crippen LogP contribution in [0.1, 0.15) is 19.8 Å². The molecule has 0 aromatic carbocycles. The van der Waals surface area contributed by atoms with Crippen LogP contribution in [0.3, 0.4) is 0 Å². The van der Waals surface area contributed by atoms with Gasteiger partial charge in [0.05, 0.1) is 18.7 Å². The van der Waals surface area contributed by atoms with E-state index in [9.17, 15) is 9.90 Å². The number of amides is 1. The van der Waals surface area contributed by atoms with Crippen molar-refractivity contribution in [2.75, 3.05) is 13.1 Å². The van der Waals surface area contributed by atoms with Gasteiger partial charge in [-0.15, -0.1) is 0 Å². The summed E-state index contributed by atoms with van der Waals surface area (Å²) in [6.45, 7) is 2.50. The zero-order valence-corrected chi connectivity index (χ0v) is 7.36. The lowest BCUT2D eigenvalue weighted by Crippen LogP contribution is -2.44. The van der Waals surface area contributed by atoms with Crippen LogP contribution in [-0.4, -0.2) is 41.1 Å². The number of aliphatic hydroxyl groups excluding tert-OH is 1. The minimum Gasteiger partial charge on any atom is -0.391 e. The SMILES string of the molecule is CC(O)C1CCCN1C(=O)CN. The van der Waals surface area contributed by atoms with Gasteiger partial charge >= 0.3 is 0 Å². The summed E-state index contributed by atoms with van der Waals surface area (Å²) >= 11 is 0. The summed E-state index contributed by atoms with van der Waals surface area (Å²) in [6, 6.07) is -0.0129. The van der Waals surface area contributed by atoms with E-state index in [1.807, 2.05) is 0 Å². The van der Waals surface area contributed by atoms with E-state index >= 15 is 0 Å². The van der Waals surface area contributed by atoms with Crippen LogP contribution >= 0.6 is 0 Å². The normalized spacial score (nSPS) is 25.9. The molecule has 2 atom stereocenters. The molecule has 1 saturated heterocycles. The van der Waals surface area contributed by atoms with Gasteiger partial charge in [-0.05, 0) is 19.8 Å². The van der Waals surface area contributed by atoms with Crippen molar-refractivity contribution in [1.29, 1.82) is 0 Å². The number of nitrogens with zero attached hydrogens (tertiary/aromatic N) is 1. The van der Waals surface area contributed by atoms with Gasteiger partial charge in [0, 0.05) is 6.54 Å². The minimum atomic E-state index is -0.442. The third-order valence-corrected chi connectivity index (χ3v) is 2.35. The van der Waals surface area contributed by atoms with Gasteiger partial charge in [0.2, 0.25) is 5.91 Å². The molecule has 12 heavy (non-hydrogen) atoms. The van der Waals surface area contributed by atoms with Gasteiger partial charge in [-0.3, -0.25) is 4.79 Å². The molecule has 4 heteroatoms. The molecule has 70 valence electrons. The summed E-state index contributed by atoms with van der Waals surface area (Å²) in [6.07, 6.45) is 1.42. The average Bonchev–Trinajstić information content (AvgIpc) is 2.50. The predicted octanol–water partition coefficient (Wildman–Crippen LogP) is -0.683. The lowest BCUT2D eigenvalue weighted by atomic mass is 10.1. The van der Waals surface area contributed by atoms with Crippen molar-refractivity contribution in [3.05, 3.63) is 0 Å². The number of carbonyl (C=O) groups is 1. The van der Waals surface area contributed by atoms with E-state index in [4.69, 9.17) is 5.73 Å². The second kappa shape index (κ2) is 3.87. The smallest absolute Gasteiger partial charge is 0.236 e. The van der Waals surface area contributed by atoms with Gasteiger partial charge < -0.3 is 15.7 Å². The fraction of sp³-hybridized carbons (Fsp3) is 0.875. The maximum absolute atomic E-state index is 11.2. The lowest BCUT2D eigenvalue weighted by molar-refractivity contribution is -0.132. The minimum absolute atomic E-state index is 0.0129. The molecule has 0 bridgehead atoms. The highest BCUT2D eigenvalue weighted by atomic mass is 16.3. The van der Waals surface area contributed by atoms with Gasteiger partial charge in [0.15, 0.2) is 0 Å². The van der Waals surface area contributed by atoms with Gasteiger partial charge in [-0.1, -0.05) is 0 Å². The Hall–Kier alpha value is -0.610. The number of likely N-dealkylation sites (tertiary alicyclic amines) is 1. The zero-order chi connectivity index (χ0) is 9.14. The van der Waals surface area contributed by atoms with Gasteiger partial charge in [0.25, 0.3) is 0 Å². The maximum Gasteiger partial charge on any atom is 0.236 e. The number of carbonyl (C=O) groups excluding carboxylic acids is 1. The van der Waals surface area contributed by atoms with Crippen LogP contribution in [0.15, 0.2) is 0 Å². The van der Waals surface area contributed by atoms with Crippen molar-refractivity contribution < 1.29 is 9.90 Å². The summed E-state index contributed by atoms with van der Waals surface area (Å²) < 4.78 is 0. The van der Waals surface area contributed by atoms with E-state index in [0.29, 0.717) is 0 Å². The standard InChI is InChI=1S/C8H16N2O2/c1-6(11)7-3-2-4-10(7)8(12)5-9/h6-7,11H,2-5,9H2,1H3. The molecule has 0 aromatic heterocycles. The summed E-state index contributed by atoms with van der Waals surface area (Å²) in [7, 11) is 0. The molecule has 0 aromatic rings. The van der Waals surface area contributed by atoms with Crippen LogP contribution < -0.4 is 5.73 Å². The molecular formula is C8H16N2O2. The molecule has 4 nitrogen and oxygen atoms in total. The number of rotatable bonds is 2. The fourth-order valence-electron chi connectivity index (χ4n) is 1.72. The highest BCUT2D eigenvalue weighted by Gasteiger charge is 2.30. The summed E-state index contributed by atoms with van der Waals surface area (Å²) in [5.74, 6) is -0.0570. The summed E-state index contributed by atoms with van der Waals surface area (Å²) in [4.78, 5) is 12.9. The van der Waals surface area contributed by atoms with E-state index in [0.717, 1.165) is 19.4 Å². The Balaban J connectivity index is 2.57. The monoisotopic (exact) mass is 172 g/mol. The Labute approximate surface area is 72.3 Å². The van der Waals surface area contributed by atoms with E-state index in [2.05, 4.69) is 0 Å². The first-order chi connectivity index (χ1) is 5.66. The van der Waals surface area contributed by atoms with E-state index < -0.39 is 6.10 Å². The molecule has 2 unspecified atom stereocenters. The van der Waals surface area contributed by atoms with E-state index in [1.54, 1.807) is 11.8 Å². The van der Waals surface area contributed by atoms with Gasteiger partial charge in [-0.2, -0.15) is 0 Å². The molecule has 1 fully saturated rings. The predicted molar refractivity (Wildman–Crippen MR) is 45.5 cm³/mol. The number of aliphatic hydroxyl groups is 1. The van der Waals surface area contributed by atoms with Gasteiger partial charge in [0.1, 0.15) is 0 Å². The number of hydrogen-bond acceptors (Lipinski definition) is 3. The first kappa shape index (κ1) is 9.48. The van der Waals surface area contributed by atoms with Crippen molar-refractivity contribution in [1.82, 2.24) is 4.90 Å². The van der Waals surface area contributed by atoms with Crippen molar-refractivity contribution in [3.63, 3.8) is 0 Å². The molecular weight excluding hydrogens is 156 g/mol. The average molecular weight is 172 g/mol. The molecule has 1 aliphatic rings. The van der Waals surface area contributed by atoms with Crippen molar-refractivity contribution in [2.45, 2.75) is 31.9 Å². The Morgan fingerprint density at radius 2 is 2.50 bits per heavy atom. The molecule has 0 spiro atoms. The quantitative estimate of drug-likeness (QED) is 0.580. The van der Waals surface area contributed by atoms with Crippen LogP contribution in [0, 0.1) is 0 Å². The highest BCUT2D eigenvalue weighted by molar-refractivity contribution is 5.78. The Bertz CT molecular complexity index is 170. The molecule has 0 aliphatic carbocycles. The zero-order valence-electron chi connectivity index (χ0n) is 7.36. The third kappa shape index (κ3) is 1.76. The van der Waals surface area contributed by atoms with Crippen LogP contribution in [0.4, 0.5) is 0 Å². The fourth-order valence-corrected chi connectivity index (χ4v) is 1.72. The Kier molecular flexibility index (Phi) is 3.05. The van der Waals surface area contributed by atoms with E-state index in [1.165, 1.54) is 0 Å².